The fourth-order valence-electron chi connectivity index (χ4n) is 2.89. The van der Waals surface area contributed by atoms with Gasteiger partial charge in [0.25, 0.3) is 11.5 Å². The first-order valence-electron chi connectivity index (χ1n) is 7.90. The van der Waals surface area contributed by atoms with Gasteiger partial charge in [0.2, 0.25) is 5.43 Å². The Hall–Kier alpha value is -3.19. The SMILES string of the molecule is Cc1cc(C)nc(-n2[nH]c3[nH]c(-c4ccccc4)c(Cl)c(=O)c3c2=O)n1. The number of aromatic amines is 2. The van der Waals surface area contributed by atoms with E-state index >= 15 is 0 Å². The van der Waals surface area contributed by atoms with Gasteiger partial charge in [-0.25, -0.2) is 9.97 Å². The molecule has 7 nitrogen and oxygen atoms in total. The molecule has 3 heterocycles. The molecule has 0 unspecified atom stereocenters. The van der Waals surface area contributed by atoms with E-state index in [-0.39, 0.29) is 22.0 Å². The molecule has 0 spiro atoms. The molecule has 0 amide bonds. The Bertz CT molecular complexity index is 1230. The van der Waals surface area contributed by atoms with Gasteiger partial charge in [-0.1, -0.05) is 41.9 Å². The molecule has 0 aliphatic heterocycles. The maximum absolute atomic E-state index is 12.7. The van der Waals surface area contributed by atoms with Gasteiger partial charge in [0.15, 0.2) is 0 Å². The molecule has 0 atom stereocenters. The fourth-order valence-corrected chi connectivity index (χ4v) is 3.14. The van der Waals surface area contributed by atoms with Crippen molar-refractivity contribution in [2.24, 2.45) is 0 Å². The van der Waals surface area contributed by atoms with Gasteiger partial charge >= 0.3 is 0 Å². The lowest BCUT2D eigenvalue weighted by Crippen LogP contribution is -2.21. The van der Waals surface area contributed by atoms with Crippen molar-refractivity contribution >= 4 is 22.6 Å². The van der Waals surface area contributed by atoms with E-state index in [2.05, 4.69) is 20.1 Å². The van der Waals surface area contributed by atoms with Crippen molar-refractivity contribution < 1.29 is 0 Å². The number of benzene rings is 1. The van der Waals surface area contributed by atoms with Crippen molar-refractivity contribution in [1.29, 1.82) is 0 Å². The number of aromatic nitrogens is 5. The molecule has 4 aromatic rings. The standard InChI is InChI=1S/C18H14ClN5O2/c1-9-8-10(2)21-18(20-9)24-17(26)12-15(25)13(19)14(22-16(12)23-24)11-6-4-3-5-7-11/h3-8H,1-2H3,(H2,22,23,25). The second-order valence-electron chi connectivity index (χ2n) is 5.96. The number of aryl methyl sites for hydroxylation is 2. The minimum atomic E-state index is -0.548. The quantitative estimate of drug-likeness (QED) is 0.569. The van der Waals surface area contributed by atoms with Crippen LogP contribution < -0.4 is 11.0 Å². The van der Waals surface area contributed by atoms with E-state index in [1.165, 1.54) is 0 Å². The van der Waals surface area contributed by atoms with Gasteiger partial charge < -0.3 is 4.98 Å². The van der Waals surface area contributed by atoms with Crippen LogP contribution in [0.3, 0.4) is 0 Å². The Labute approximate surface area is 152 Å². The minimum absolute atomic E-state index is 0.0340. The average Bonchev–Trinajstić information content (AvgIpc) is 2.95. The van der Waals surface area contributed by atoms with Gasteiger partial charge in [0.05, 0.1) is 5.69 Å². The molecule has 0 aliphatic rings. The zero-order valence-corrected chi connectivity index (χ0v) is 14.8. The van der Waals surface area contributed by atoms with Gasteiger partial charge in [-0.15, -0.1) is 0 Å². The molecule has 0 radical (unpaired) electrons. The number of pyridine rings is 1. The normalized spacial score (nSPS) is 11.2. The Morgan fingerprint density at radius 2 is 1.69 bits per heavy atom. The summed E-state index contributed by atoms with van der Waals surface area (Å²) in [5, 5.41) is 2.79. The summed E-state index contributed by atoms with van der Waals surface area (Å²) >= 11 is 6.25. The van der Waals surface area contributed by atoms with Crippen molar-refractivity contribution in [2.45, 2.75) is 13.8 Å². The van der Waals surface area contributed by atoms with Crippen LogP contribution in [0.25, 0.3) is 28.2 Å². The van der Waals surface area contributed by atoms with Crippen molar-refractivity contribution in [1.82, 2.24) is 24.7 Å². The first-order chi connectivity index (χ1) is 12.5. The molecule has 8 heteroatoms. The third-order valence-corrected chi connectivity index (χ3v) is 4.38. The second kappa shape index (κ2) is 5.96. The number of rotatable bonds is 2. The Morgan fingerprint density at radius 1 is 1.04 bits per heavy atom. The van der Waals surface area contributed by atoms with Crippen LogP contribution in [0.4, 0.5) is 0 Å². The maximum Gasteiger partial charge on any atom is 0.287 e. The summed E-state index contributed by atoms with van der Waals surface area (Å²) in [5.41, 5.74) is 1.80. The highest BCUT2D eigenvalue weighted by Gasteiger charge is 2.19. The van der Waals surface area contributed by atoms with Crippen LogP contribution in [-0.2, 0) is 0 Å². The lowest BCUT2D eigenvalue weighted by Gasteiger charge is -2.04. The van der Waals surface area contributed by atoms with E-state index in [0.717, 1.165) is 10.2 Å². The van der Waals surface area contributed by atoms with Crippen molar-refractivity contribution in [3.05, 3.63) is 73.4 Å². The summed E-state index contributed by atoms with van der Waals surface area (Å²) in [6.07, 6.45) is 0. The van der Waals surface area contributed by atoms with Gasteiger partial charge in [-0.2, -0.15) is 4.68 Å². The van der Waals surface area contributed by atoms with Gasteiger partial charge in [-0.05, 0) is 25.5 Å². The van der Waals surface area contributed by atoms with E-state index < -0.39 is 11.0 Å². The number of fused-ring (bicyclic) bond motifs is 1. The van der Waals surface area contributed by atoms with E-state index in [9.17, 15) is 9.59 Å². The van der Waals surface area contributed by atoms with Crippen LogP contribution in [0, 0.1) is 13.8 Å². The summed E-state index contributed by atoms with van der Waals surface area (Å²) in [6, 6.07) is 11.0. The van der Waals surface area contributed by atoms with Gasteiger partial charge in [-0.3, -0.25) is 14.7 Å². The summed E-state index contributed by atoms with van der Waals surface area (Å²) in [7, 11) is 0. The number of nitrogens with zero attached hydrogens (tertiary/aromatic N) is 3. The smallest absolute Gasteiger partial charge is 0.287 e. The van der Waals surface area contributed by atoms with Gasteiger partial charge in [0, 0.05) is 11.4 Å². The number of nitrogens with one attached hydrogen (secondary N) is 2. The van der Waals surface area contributed by atoms with E-state index in [0.29, 0.717) is 17.1 Å². The molecule has 2 N–H and O–H groups in total. The van der Waals surface area contributed by atoms with Crippen molar-refractivity contribution in [2.75, 3.05) is 0 Å². The molecule has 0 saturated carbocycles. The zero-order valence-electron chi connectivity index (χ0n) is 14.0. The van der Waals surface area contributed by atoms with E-state index in [1.807, 2.05) is 30.3 Å². The predicted octanol–water partition coefficient (Wildman–Crippen LogP) is 2.73. The third-order valence-electron chi connectivity index (χ3n) is 4.02. The number of hydrogen-bond acceptors (Lipinski definition) is 4. The Kier molecular flexibility index (Phi) is 3.73. The second-order valence-corrected chi connectivity index (χ2v) is 6.34. The number of H-pyrrole nitrogens is 2. The monoisotopic (exact) mass is 367 g/mol. The highest BCUT2D eigenvalue weighted by atomic mass is 35.5. The Balaban J connectivity index is 2.03. The maximum atomic E-state index is 12.7. The average molecular weight is 368 g/mol. The van der Waals surface area contributed by atoms with Crippen molar-refractivity contribution in [3.63, 3.8) is 0 Å². The molecule has 1 aromatic carbocycles. The lowest BCUT2D eigenvalue weighted by atomic mass is 10.1. The highest BCUT2D eigenvalue weighted by Crippen LogP contribution is 2.24. The molecule has 0 bridgehead atoms. The fraction of sp³-hybridized carbons (Fsp3) is 0.111. The number of hydrogen-bond donors (Lipinski definition) is 2. The molecule has 3 aromatic heterocycles. The molecule has 26 heavy (non-hydrogen) atoms. The summed E-state index contributed by atoms with van der Waals surface area (Å²) < 4.78 is 1.15. The molecular formula is C18H14ClN5O2. The lowest BCUT2D eigenvalue weighted by molar-refractivity contribution is 0.778. The first-order valence-corrected chi connectivity index (χ1v) is 8.28. The van der Waals surface area contributed by atoms with Crippen LogP contribution in [0.5, 0.6) is 0 Å². The van der Waals surface area contributed by atoms with E-state index in [1.54, 1.807) is 19.9 Å². The minimum Gasteiger partial charge on any atom is -0.338 e. The first kappa shape index (κ1) is 16.3. The van der Waals surface area contributed by atoms with Crippen LogP contribution in [0.15, 0.2) is 46.0 Å². The topological polar surface area (TPSA) is 96.4 Å². The molecule has 4 rings (SSSR count). The summed E-state index contributed by atoms with van der Waals surface area (Å²) in [6.45, 7) is 3.61. The molecule has 0 saturated heterocycles. The summed E-state index contributed by atoms with van der Waals surface area (Å²) in [4.78, 5) is 37.0. The molecule has 130 valence electrons. The summed E-state index contributed by atoms with van der Waals surface area (Å²) in [5.74, 6) is 0.175. The molecule has 0 aliphatic carbocycles. The van der Waals surface area contributed by atoms with Gasteiger partial charge in [0.1, 0.15) is 16.1 Å². The third kappa shape index (κ3) is 2.53. The largest absolute Gasteiger partial charge is 0.338 e. The van der Waals surface area contributed by atoms with Crippen LogP contribution >= 0.6 is 11.6 Å². The Morgan fingerprint density at radius 3 is 2.35 bits per heavy atom. The zero-order chi connectivity index (χ0) is 18.4. The van der Waals surface area contributed by atoms with Crippen LogP contribution in [-0.4, -0.2) is 24.7 Å². The highest BCUT2D eigenvalue weighted by molar-refractivity contribution is 6.33. The van der Waals surface area contributed by atoms with Crippen LogP contribution in [0.2, 0.25) is 5.02 Å². The molecule has 0 fully saturated rings. The van der Waals surface area contributed by atoms with Crippen molar-refractivity contribution in [3.8, 4) is 17.2 Å². The number of halogens is 1. The predicted molar refractivity (Wildman–Crippen MR) is 100 cm³/mol. The van der Waals surface area contributed by atoms with Crippen LogP contribution in [0.1, 0.15) is 11.4 Å². The molecular weight excluding hydrogens is 354 g/mol. The van der Waals surface area contributed by atoms with E-state index in [4.69, 9.17) is 11.6 Å².